The maximum Gasteiger partial charge on any atom is 0.267 e. The van der Waals surface area contributed by atoms with E-state index in [4.69, 9.17) is 9.47 Å². The monoisotopic (exact) mass is 430 g/mol. The predicted molar refractivity (Wildman–Crippen MR) is 125 cm³/mol. The fourth-order valence-electron chi connectivity index (χ4n) is 3.51. The molecule has 1 unspecified atom stereocenters. The van der Waals surface area contributed by atoms with Crippen LogP contribution in [0.1, 0.15) is 28.4 Å². The van der Waals surface area contributed by atoms with Crippen molar-refractivity contribution in [1.82, 2.24) is 0 Å². The van der Waals surface area contributed by atoms with E-state index in [1.54, 1.807) is 42.2 Å². The van der Waals surface area contributed by atoms with Crippen LogP contribution in [0.3, 0.4) is 0 Å². The molecule has 0 aromatic heterocycles. The molecule has 1 aliphatic heterocycles. The fraction of sp³-hybridized carbons (Fsp3) is 0.231. The summed E-state index contributed by atoms with van der Waals surface area (Å²) in [7, 11) is 0. The van der Waals surface area contributed by atoms with Crippen LogP contribution in [0.4, 0.5) is 11.4 Å². The van der Waals surface area contributed by atoms with E-state index < -0.39 is 6.10 Å². The third kappa shape index (κ3) is 4.75. The number of amides is 2. The summed E-state index contributed by atoms with van der Waals surface area (Å²) in [6.45, 7) is 6.42. The van der Waals surface area contributed by atoms with Gasteiger partial charge in [-0.15, -0.1) is 0 Å². The van der Waals surface area contributed by atoms with Crippen LogP contribution in [-0.4, -0.2) is 31.1 Å². The Morgan fingerprint density at radius 1 is 1.00 bits per heavy atom. The first-order chi connectivity index (χ1) is 15.4. The SMILES string of the molecule is Cc1ccc(OCCN2C(=O)C(C)Oc3ccc(NC(=O)c4ccc(C)cc4)cc32)cc1. The van der Waals surface area contributed by atoms with Gasteiger partial charge in [0, 0.05) is 11.3 Å². The second-order valence-corrected chi connectivity index (χ2v) is 7.91. The lowest BCUT2D eigenvalue weighted by Crippen LogP contribution is -2.46. The Morgan fingerprint density at radius 2 is 1.66 bits per heavy atom. The Kier molecular flexibility index (Phi) is 6.12. The van der Waals surface area contributed by atoms with E-state index in [1.165, 1.54) is 0 Å². The van der Waals surface area contributed by atoms with Gasteiger partial charge in [0.25, 0.3) is 11.8 Å². The number of nitrogens with one attached hydrogen (secondary N) is 1. The van der Waals surface area contributed by atoms with Gasteiger partial charge in [-0.1, -0.05) is 35.4 Å². The van der Waals surface area contributed by atoms with E-state index in [-0.39, 0.29) is 11.8 Å². The van der Waals surface area contributed by atoms with Crippen LogP contribution < -0.4 is 19.7 Å². The van der Waals surface area contributed by atoms with Gasteiger partial charge in [0.1, 0.15) is 18.1 Å². The molecule has 0 aliphatic carbocycles. The summed E-state index contributed by atoms with van der Waals surface area (Å²) in [5, 5.41) is 2.90. The smallest absolute Gasteiger partial charge is 0.267 e. The number of rotatable bonds is 6. The number of carbonyl (C=O) groups is 2. The molecule has 3 aromatic rings. The van der Waals surface area contributed by atoms with Crippen LogP contribution in [0, 0.1) is 13.8 Å². The lowest BCUT2D eigenvalue weighted by atomic mass is 10.1. The first-order valence-electron chi connectivity index (χ1n) is 10.6. The summed E-state index contributed by atoms with van der Waals surface area (Å²) in [5.74, 6) is 0.993. The normalized spacial score (nSPS) is 15.0. The molecule has 0 fully saturated rings. The van der Waals surface area contributed by atoms with Crippen LogP contribution in [0.15, 0.2) is 66.7 Å². The molecule has 6 nitrogen and oxygen atoms in total. The quantitative estimate of drug-likeness (QED) is 0.613. The number of ether oxygens (including phenoxy) is 2. The molecule has 0 bridgehead atoms. The summed E-state index contributed by atoms with van der Waals surface area (Å²) in [5.41, 5.74) is 4.01. The van der Waals surface area contributed by atoms with Crippen molar-refractivity contribution in [1.29, 1.82) is 0 Å². The zero-order chi connectivity index (χ0) is 22.7. The maximum atomic E-state index is 12.8. The minimum atomic E-state index is -0.588. The lowest BCUT2D eigenvalue weighted by Gasteiger charge is -2.33. The highest BCUT2D eigenvalue weighted by atomic mass is 16.5. The van der Waals surface area contributed by atoms with Gasteiger partial charge in [0.2, 0.25) is 0 Å². The molecule has 1 heterocycles. The number of aryl methyl sites for hydroxylation is 2. The molecule has 6 heteroatoms. The second-order valence-electron chi connectivity index (χ2n) is 7.91. The number of anilines is 2. The number of hydrogen-bond donors (Lipinski definition) is 1. The number of hydrogen-bond acceptors (Lipinski definition) is 4. The van der Waals surface area contributed by atoms with Crippen LogP contribution in [-0.2, 0) is 4.79 Å². The predicted octanol–water partition coefficient (Wildman–Crippen LogP) is 4.75. The summed E-state index contributed by atoms with van der Waals surface area (Å²) in [4.78, 5) is 27.1. The Bertz CT molecular complexity index is 1120. The van der Waals surface area contributed by atoms with Crippen molar-refractivity contribution >= 4 is 23.2 Å². The fourth-order valence-corrected chi connectivity index (χ4v) is 3.51. The number of benzene rings is 3. The molecule has 0 saturated heterocycles. The molecule has 4 rings (SSSR count). The number of carbonyl (C=O) groups excluding carboxylic acids is 2. The maximum absolute atomic E-state index is 12.8. The molecule has 0 spiro atoms. The average molecular weight is 431 g/mol. The third-order valence-electron chi connectivity index (χ3n) is 5.34. The summed E-state index contributed by atoms with van der Waals surface area (Å²) in [6.07, 6.45) is -0.588. The molecule has 1 aliphatic rings. The topological polar surface area (TPSA) is 67.9 Å². The highest BCUT2D eigenvalue weighted by Gasteiger charge is 2.31. The highest BCUT2D eigenvalue weighted by Crippen LogP contribution is 2.36. The molecule has 164 valence electrons. The Hall–Kier alpha value is -3.80. The molecule has 32 heavy (non-hydrogen) atoms. The summed E-state index contributed by atoms with van der Waals surface area (Å²) >= 11 is 0. The molecule has 0 saturated carbocycles. The highest BCUT2D eigenvalue weighted by molar-refractivity contribution is 6.05. The van der Waals surface area contributed by atoms with Gasteiger partial charge < -0.3 is 19.7 Å². The van der Waals surface area contributed by atoms with Crippen LogP contribution in [0.25, 0.3) is 0 Å². The Labute approximate surface area is 187 Å². The van der Waals surface area contributed by atoms with E-state index in [2.05, 4.69) is 5.32 Å². The van der Waals surface area contributed by atoms with Gasteiger partial charge in [0.15, 0.2) is 6.10 Å². The van der Waals surface area contributed by atoms with Crippen molar-refractivity contribution in [3.8, 4) is 11.5 Å². The van der Waals surface area contributed by atoms with Gasteiger partial charge in [-0.3, -0.25) is 9.59 Å². The van der Waals surface area contributed by atoms with Crippen molar-refractivity contribution in [2.75, 3.05) is 23.4 Å². The van der Waals surface area contributed by atoms with Gasteiger partial charge >= 0.3 is 0 Å². The van der Waals surface area contributed by atoms with Crippen molar-refractivity contribution < 1.29 is 19.1 Å². The lowest BCUT2D eigenvalue weighted by molar-refractivity contribution is -0.125. The minimum Gasteiger partial charge on any atom is -0.492 e. The molecule has 0 radical (unpaired) electrons. The second kappa shape index (κ2) is 9.14. The number of fused-ring (bicyclic) bond motifs is 1. The molecule has 1 atom stereocenters. The molecular formula is C26H26N2O4. The summed E-state index contributed by atoms with van der Waals surface area (Å²) in [6, 6.07) is 20.4. The third-order valence-corrected chi connectivity index (χ3v) is 5.34. The molecule has 3 aromatic carbocycles. The van der Waals surface area contributed by atoms with E-state index in [0.717, 1.165) is 16.9 Å². The van der Waals surface area contributed by atoms with E-state index in [1.807, 2.05) is 50.2 Å². The van der Waals surface area contributed by atoms with Crippen molar-refractivity contribution in [3.63, 3.8) is 0 Å². The average Bonchev–Trinajstić information content (AvgIpc) is 2.78. The Balaban J connectivity index is 1.50. The first-order valence-corrected chi connectivity index (χ1v) is 10.6. The molecule has 2 amide bonds. The van der Waals surface area contributed by atoms with Crippen molar-refractivity contribution in [2.24, 2.45) is 0 Å². The molecule has 1 N–H and O–H groups in total. The first kappa shape index (κ1) is 21.4. The van der Waals surface area contributed by atoms with Gasteiger partial charge in [-0.2, -0.15) is 0 Å². The van der Waals surface area contributed by atoms with Crippen LogP contribution in [0.5, 0.6) is 11.5 Å². The van der Waals surface area contributed by atoms with Crippen LogP contribution >= 0.6 is 0 Å². The van der Waals surface area contributed by atoms with E-state index >= 15 is 0 Å². The van der Waals surface area contributed by atoms with Crippen molar-refractivity contribution in [2.45, 2.75) is 26.9 Å². The van der Waals surface area contributed by atoms with E-state index in [0.29, 0.717) is 35.8 Å². The van der Waals surface area contributed by atoms with Crippen molar-refractivity contribution in [3.05, 3.63) is 83.4 Å². The number of nitrogens with zero attached hydrogens (tertiary/aromatic N) is 1. The van der Waals surface area contributed by atoms with Gasteiger partial charge in [-0.05, 0) is 63.2 Å². The minimum absolute atomic E-state index is 0.146. The standard InChI is InChI=1S/C26H26N2O4/c1-17-4-8-20(9-5-17)25(29)27-21-10-13-24-23(16-21)28(26(30)19(3)32-24)14-15-31-22-11-6-18(2)7-12-22/h4-13,16,19H,14-15H2,1-3H3,(H,27,29). The zero-order valence-electron chi connectivity index (χ0n) is 18.4. The van der Waals surface area contributed by atoms with Gasteiger partial charge in [-0.25, -0.2) is 0 Å². The van der Waals surface area contributed by atoms with Gasteiger partial charge in [0.05, 0.1) is 12.2 Å². The largest absolute Gasteiger partial charge is 0.492 e. The van der Waals surface area contributed by atoms with Crippen LogP contribution in [0.2, 0.25) is 0 Å². The summed E-state index contributed by atoms with van der Waals surface area (Å²) < 4.78 is 11.6. The van der Waals surface area contributed by atoms with E-state index in [9.17, 15) is 9.59 Å². The Morgan fingerprint density at radius 3 is 2.34 bits per heavy atom. The molecular weight excluding hydrogens is 404 g/mol. The zero-order valence-corrected chi connectivity index (χ0v) is 18.4.